The summed E-state index contributed by atoms with van der Waals surface area (Å²) in [5.41, 5.74) is 1.77. The Kier molecular flexibility index (Phi) is 6.29. The molecule has 4 rings (SSSR count). The van der Waals surface area contributed by atoms with E-state index in [2.05, 4.69) is 5.32 Å². The fraction of sp³-hybridized carbons (Fsp3) is 0.304. The third-order valence-corrected chi connectivity index (χ3v) is 7.51. The highest BCUT2D eigenvalue weighted by atomic mass is 32.2. The van der Waals surface area contributed by atoms with Gasteiger partial charge in [0, 0.05) is 38.0 Å². The molecule has 1 saturated heterocycles. The Labute approximate surface area is 186 Å². The van der Waals surface area contributed by atoms with Crippen molar-refractivity contribution in [3.63, 3.8) is 0 Å². The van der Waals surface area contributed by atoms with Crippen LogP contribution in [-0.4, -0.2) is 36.3 Å². The molecule has 32 heavy (non-hydrogen) atoms. The molecule has 1 aromatic carbocycles. The maximum Gasteiger partial charge on any atom is 0.287 e. The summed E-state index contributed by atoms with van der Waals surface area (Å²) >= 11 is 0. The van der Waals surface area contributed by atoms with Crippen molar-refractivity contribution in [1.29, 1.82) is 0 Å². The SMILES string of the molecule is Cc1oc(C(=O)NCc2ccc(Cn3ccccc3=O)cc2)cc1S(=O)(=O)N1CCCC1. The highest BCUT2D eigenvalue weighted by Crippen LogP contribution is 2.26. The molecule has 1 amide bonds. The summed E-state index contributed by atoms with van der Waals surface area (Å²) in [7, 11) is -3.65. The van der Waals surface area contributed by atoms with Crippen molar-refractivity contribution in [2.75, 3.05) is 13.1 Å². The molecule has 168 valence electrons. The lowest BCUT2D eigenvalue weighted by Crippen LogP contribution is -2.28. The summed E-state index contributed by atoms with van der Waals surface area (Å²) in [4.78, 5) is 24.4. The number of benzene rings is 1. The number of hydrogen-bond acceptors (Lipinski definition) is 5. The van der Waals surface area contributed by atoms with E-state index in [0.717, 1.165) is 24.0 Å². The molecular formula is C23H25N3O5S. The number of carbonyl (C=O) groups is 1. The molecule has 3 heterocycles. The minimum Gasteiger partial charge on any atom is -0.455 e. The molecule has 0 spiro atoms. The van der Waals surface area contributed by atoms with Crippen LogP contribution in [0.4, 0.5) is 0 Å². The smallest absolute Gasteiger partial charge is 0.287 e. The molecule has 0 atom stereocenters. The van der Waals surface area contributed by atoms with Crippen molar-refractivity contribution < 1.29 is 17.6 Å². The van der Waals surface area contributed by atoms with E-state index in [9.17, 15) is 18.0 Å². The van der Waals surface area contributed by atoms with Crippen molar-refractivity contribution in [1.82, 2.24) is 14.2 Å². The van der Waals surface area contributed by atoms with E-state index in [0.29, 0.717) is 19.6 Å². The van der Waals surface area contributed by atoms with Crippen LogP contribution < -0.4 is 10.9 Å². The molecule has 1 aliphatic rings. The molecule has 1 N–H and O–H groups in total. The van der Waals surface area contributed by atoms with Crippen molar-refractivity contribution in [2.45, 2.75) is 37.8 Å². The number of aryl methyl sites for hydroxylation is 1. The zero-order valence-electron chi connectivity index (χ0n) is 17.8. The molecule has 1 aliphatic heterocycles. The van der Waals surface area contributed by atoms with Crippen LogP contribution in [0.15, 0.2) is 68.8 Å². The van der Waals surface area contributed by atoms with E-state index in [4.69, 9.17) is 4.42 Å². The van der Waals surface area contributed by atoms with Gasteiger partial charge in [-0.2, -0.15) is 4.31 Å². The van der Waals surface area contributed by atoms with Gasteiger partial charge in [0.2, 0.25) is 10.0 Å². The number of aromatic nitrogens is 1. The first-order chi connectivity index (χ1) is 15.3. The number of rotatable bonds is 7. The summed E-state index contributed by atoms with van der Waals surface area (Å²) < 4.78 is 34.0. The van der Waals surface area contributed by atoms with Gasteiger partial charge in [-0.05, 0) is 37.0 Å². The van der Waals surface area contributed by atoms with Gasteiger partial charge in [-0.3, -0.25) is 9.59 Å². The molecule has 0 saturated carbocycles. The number of nitrogens with zero attached hydrogens (tertiary/aromatic N) is 2. The Bertz CT molecular complexity index is 1270. The van der Waals surface area contributed by atoms with E-state index in [1.165, 1.54) is 16.4 Å². The lowest BCUT2D eigenvalue weighted by atomic mass is 10.1. The van der Waals surface area contributed by atoms with Crippen molar-refractivity contribution >= 4 is 15.9 Å². The molecule has 0 aliphatic carbocycles. The molecule has 0 radical (unpaired) electrons. The minimum absolute atomic E-state index is 0.0275. The topological polar surface area (TPSA) is 102 Å². The number of furan rings is 1. The van der Waals surface area contributed by atoms with Gasteiger partial charge in [0.1, 0.15) is 10.7 Å². The average molecular weight is 456 g/mol. The predicted molar refractivity (Wildman–Crippen MR) is 119 cm³/mol. The van der Waals surface area contributed by atoms with E-state index in [1.54, 1.807) is 23.8 Å². The third-order valence-electron chi connectivity index (χ3n) is 5.51. The van der Waals surface area contributed by atoms with Crippen LogP contribution in [0.2, 0.25) is 0 Å². The summed E-state index contributed by atoms with van der Waals surface area (Å²) in [6, 6.07) is 13.9. The van der Waals surface area contributed by atoms with Crippen LogP contribution in [0.25, 0.3) is 0 Å². The Morgan fingerprint density at radius 3 is 2.44 bits per heavy atom. The normalized spacial score (nSPS) is 14.5. The molecular weight excluding hydrogens is 430 g/mol. The van der Waals surface area contributed by atoms with Crippen LogP contribution in [-0.2, 0) is 23.1 Å². The van der Waals surface area contributed by atoms with E-state index in [-0.39, 0.29) is 28.5 Å². The number of hydrogen-bond donors (Lipinski definition) is 1. The van der Waals surface area contributed by atoms with Gasteiger partial charge in [-0.25, -0.2) is 8.42 Å². The second-order valence-corrected chi connectivity index (χ2v) is 9.71. The molecule has 3 aromatic rings. The lowest BCUT2D eigenvalue weighted by Gasteiger charge is -2.14. The second-order valence-electron chi connectivity index (χ2n) is 7.81. The number of sulfonamides is 1. The number of pyridine rings is 1. The third kappa shape index (κ3) is 4.68. The van der Waals surface area contributed by atoms with Gasteiger partial charge < -0.3 is 14.3 Å². The molecule has 2 aromatic heterocycles. The Hall–Kier alpha value is -3.17. The highest BCUT2D eigenvalue weighted by Gasteiger charge is 2.31. The monoisotopic (exact) mass is 455 g/mol. The zero-order valence-corrected chi connectivity index (χ0v) is 18.6. The summed E-state index contributed by atoms with van der Waals surface area (Å²) in [6.45, 7) is 3.26. The number of nitrogens with one attached hydrogen (secondary N) is 1. The molecule has 1 fully saturated rings. The molecule has 0 bridgehead atoms. The minimum atomic E-state index is -3.65. The van der Waals surface area contributed by atoms with Crippen LogP contribution in [0.5, 0.6) is 0 Å². The van der Waals surface area contributed by atoms with Crippen molar-refractivity contribution in [3.05, 3.63) is 87.7 Å². The molecule has 0 unspecified atom stereocenters. The Morgan fingerprint density at radius 2 is 1.75 bits per heavy atom. The van der Waals surface area contributed by atoms with Gasteiger partial charge in [0.05, 0.1) is 6.54 Å². The maximum absolute atomic E-state index is 12.8. The summed E-state index contributed by atoms with van der Waals surface area (Å²) in [5, 5.41) is 2.76. The lowest BCUT2D eigenvalue weighted by molar-refractivity contribution is 0.0922. The van der Waals surface area contributed by atoms with Crippen molar-refractivity contribution in [2.24, 2.45) is 0 Å². The van der Waals surface area contributed by atoms with Crippen LogP contribution in [0.1, 0.15) is 40.3 Å². The van der Waals surface area contributed by atoms with E-state index < -0.39 is 15.9 Å². The van der Waals surface area contributed by atoms with Gasteiger partial charge in [-0.1, -0.05) is 30.3 Å². The maximum atomic E-state index is 12.8. The Balaban J connectivity index is 1.39. The van der Waals surface area contributed by atoms with Gasteiger partial charge >= 0.3 is 0 Å². The number of amides is 1. The second kappa shape index (κ2) is 9.13. The molecule has 8 nitrogen and oxygen atoms in total. The first kappa shape index (κ1) is 22.0. The van der Waals surface area contributed by atoms with Crippen molar-refractivity contribution in [3.8, 4) is 0 Å². The number of carbonyl (C=O) groups excluding carboxylic acids is 1. The van der Waals surface area contributed by atoms with Gasteiger partial charge in [0.25, 0.3) is 11.5 Å². The highest BCUT2D eigenvalue weighted by molar-refractivity contribution is 7.89. The van der Waals surface area contributed by atoms with Gasteiger partial charge in [-0.15, -0.1) is 0 Å². The van der Waals surface area contributed by atoms with Gasteiger partial charge in [0.15, 0.2) is 5.76 Å². The van der Waals surface area contributed by atoms with E-state index in [1.807, 2.05) is 30.3 Å². The summed E-state index contributed by atoms with van der Waals surface area (Å²) in [6.07, 6.45) is 3.41. The quantitative estimate of drug-likeness (QED) is 0.590. The summed E-state index contributed by atoms with van der Waals surface area (Å²) in [5.74, 6) is -0.293. The first-order valence-corrected chi connectivity index (χ1v) is 11.9. The fourth-order valence-electron chi connectivity index (χ4n) is 3.72. The van der Waals surface area contributed by atoms with Crippen LogP contribution >= 0.6 is 0 Å². The predicted octanol–water partition coefficient (Wildman–Crippen LogP) is 2.51. The largest absolute Gasteiger partial charge is 0.455 e. The average Bonchev–Trinajstić information content (AvgIpc) is 3.45. The van der Waals surface area contributed by atoms with Crippen LogP contribution in [0, 0.1) is 6.92 Å². The Morgan fingerprint density at radius 1 is 1.06 bits per heavy atom. The standard InChI is InChI=1S/C23H25N3O5S/c1-17-21(32(29,30)26-12-4-5-13-26)14-20(31-17)23(28)24-15-18-7-9-19(10-8-18)16-25-11-3-2-6-22(25)27/h2-3,6-11,14H,4-5,12-13,15-16H2,1H3,(H,24,28). The molecule has 9 heteroatoms. The first-order valence-electron chi connectivity index (χ1n) is 10.5. The fourth-order valence-corrected chi connectivity index (χ4v) is 5.40. The van der Waals surface area contributed by atoms with E-state index >= 15 is 0 Å². The zero-order chi connectivity index (χ0) is 22.7. The van der Waals surface area contributed by atoms with Crippen LogP contribution in [0.3, 0.4) is 0 Å².